The molecule has 1 rings (SSSR count). The van der Waals surface area contributed by atoms with Crippen LogP contribution < -0.4 is 5.73 Å². The predicted molar refractivity (Wildman–Crippen MR) is 66.4 cm³/mol. The first kappa shape index (κ1) is 13.6. The van der Waals surface area contributed by atoms with Crippen LogP contribution in [0.5, 0.6) is 0 Å². The average Bonchev–Trinajstić information content (AvgIpc) is 2.27. The van der Waals surface area contributed by atoms with Crippen LogP contribution in [0.4, 0.5) is 0 Å². The van der Waals surface area contributed by atoms with Crippen LogP contribution in [-0.4, -0.2) is 45.8 Å². The maximum Gasteiger partial charge on any atom is 0.101 e. The summed E-state index contributed by atoms with van der Waals surface area (Å²) in [5.41, 5.74) is 5.06. The maximum absolute atomic E-state index is 11.1. The number of nitrogens with two attached hydrogens (primary N) is 1. The Labute approximate surface area is 100 Å². The fraction of sp³-hybridized carbons (Fsp3) is 0.909. The van der Waals surface area contributed by atoms with E-state index in [4.69, 9.17) is 11.0 Å². The van der Waals surface area contributed by atoms with Gasteiger partial charge in [-0.25, -0.2) is 0 Å². The lowest BCUT2D eigenvalue weighted by Gasteiger charge is -2.26. The van der Waals surface area contributed by atoms with Crippen LogP contribution >= 0.6 is 0 Å². The zero-order valence-electron chi connectivity index (χ0n) is 9.95. The Morgan fingerprint density at radius 3 is 2.62 bits per heavy atom. The number of rotatable bonds is 5. The van der Waals surface area contributed by atoms with Crippen molar-refractivity contribution in [2.24, 2.45) is 5.73 Å². The molecule has 1 aliphatic heterocycles. The highest BCUT2D eigenvalue weighted by Gasteiger charge is 2.17. The second-order valence-corrected chi connectivity index (χ2v) is 6.37. The first-order chi connectivity index (χ1) is 7.53. The van der Waals surface area contributed by atoms with Gasteiger partial charge in [0.05, 0.1) is 6.07 Å². The lowest BCUT2D eigenvalue weighted by Crippen LogP contribution is -2.38. The van der Waals surface area contributed by atoms with Crippen molar-refractivity contribution in [3.05, 3.63) is 0 Å². The topological polar surface area (TPSA) is 70.1 Å². The fourth-order valence-corrected chi connectivity index (χ4v) is 2.91. The molecule has 0 radical (unpaired) electrons. The standard InChI is InChI=1S/C11H21N3OS/c1-11(13,10-12)4-2-3-5-14-6-8-16(15)9-7-14/h2-9,13H2,1H3. The molecular formula is C11H21N3OS. The van der Waals surface area contributed by atoms with Crippen molar-refractivity contribution in [3.8, 4) is 6.07 Å². The summed E-state index contributed by atoms with van der Waals surface area (Å²) >= 11 is 0. The quantitative estimate of drug-likeness (QED) is 0.712. The first-order valence-corrected chi connectivity index (χ1v) is 7.30. The molecule has 5 heteroatoms. The third-order valence-corrected chi connectivity index (χ3v) is 4.22. The smallest absolute Gasteiger partial charge is 0.101 e. The molecule has 1 unspecified atom stereocenters. The molecule has 0 spiro atoms. The van der Waals surface area contributed by atoms with E-state index in [1.54, 1.807) is 6.92 Å². The average molecular weight is 243 g/mol. The Bertz CT molecular complexity index is 275. The van der Waals surface area contributed by atoms with Crippen LogP contribution in [-0.2, 0) is 10.8 Å². The Hall–Kier alpha value is -0.440. The van der Waals surface area contributed by atoms with Crippen LogP contribution in [0.2, 0.25) is 0 Å². The summed E-state index contributed by atoms with van der Waals surface area (Å²) in [7, 11) is -0.588. The van der Waals surface area contributed by atoms with E-state index >= 15 is 0 Å². The summed E-state index contributed by atoms with van der Waals surface area (Å²) in [5.74, 6) is 1.62. The molecule has 0 saturated carbocycles. The molecule has 92 valence electrons. The highest BCUT2D eigenvalue weighted by atomic mass is 32.2. The monoisotopic (exact) mass is 243 g/mol. The van der Waals surface area contributed by atoms with Gasteiger partial charge in [0.15, 0.2) is 0 Å². The second-order valence-electron chi connectivity index (χ2n) is 4.68. The maximum atomic E-state index is 11.1. The Morgan fingerprint density at radius 2 is 2.06 bits per heavy atom. The first-order valence-electron chi connectivity index (χ1n) is 5.81. The van der Waals surface area contributed by atoms with Gasteiger partial charge in [0.2, 0.25) is 0 Å². The molecule has 1 saturated heterocycles. The minimum absolute atomic E-state index is 0.588. The molecule has 0 aromatic rings. The lowest BCUT2D eigenvalue weighted by molar-refractivity contribution is 0.289. The van der Waals surface area contributed by atoms with Crippen molar-refractivity contribution in [2.75, 3.05) is 31.1 Å². The summed E-state index contributed by atoms with van der Waals surface area (Å²) in [4.78, 5) is 2.35. The van der Waals surface area contributed by atoms with Gasteiger partial charge in [0.25, 0.3) is 0 Å². The highest BCUT2D eigenvalue weighted by Crippen LogP contribution is 2.10. The van der Waals surface area contributed by atoms with Crippen molar-refractivity contribution in [1.82, 2.24) is 4.90 Å². The molecule has 4 nitrogen and oxygen atoms in total. The largest absolute Gasteiger partial charge is 0.314 e. The molecule has 16 heavy (non-hydrogen) atoms. The van der Waals surface area contributed by atoms with Crippen molar-refractivity contribution < 1.29 is 4.21 Å². The summed E-state index contributed by atoms with van der Waals surface area (Å²) in [5, 5.41) is 8.75. The summed E-state index contributed by atoms with van der Waals surface area (Å²) < 4.78 is 11.1. The number of unbranched alkanes of at least 4 members (excludes halogenated alkanes) is 1. The fourth-order valence-electron chi connectivity index (χ4n) is 1.78. The van der Waals surface area contributed by atoms with E-state index in [0.29, 0.717) is 0 Å². The molecule has 0 aromatic heterocycles. The minimum Gasteiger partial charge on any atom is -0.314 e. The third kappa shape index (κ3) is 5.06. The van der Waals surface area contributed by atoms with Gasteiger partial charge in [0.1, 0.15) is 5.54 Å². The van der Waals surface area contributed by atoms with E-state index in [1.165, 1.54) is 0 Å². The zero-order chi connectivity index (χ0) is 12.0. The molecule has 0 bridgehead atoms. The lowest BCUT2D eigenvalue weighted by atomic mass is 9.98. The number of hydrogen-bond acceptors (Lipinski definition) is 4. The number of nitrogens with zero attached hydrogens (tertiary/aromatic N) is 2. The van der Waals surface area contributed by atoms with Crippen LogP contribution in [0.3, 0.4) is 0 Å². The minimum atomic E-state index is -0.677. The Morgan fingerprint density at radius 1 is 1.44 bits per heavy atom. The molecule has 2 N–H and O–H groups in total. The van der Waals surface area contributed by atoms with E-state index in [2.05, 4.69) is 11.0 Å². The van der Waals surface area contributed by atoms with E-state index in [-0.39, 0.29) is 0 Å². The van der Waals surface area contributed by atoms with Crippen LogP contribution in [0, 0.1) is 11.3 Å². The van der Waals surface area contributed by atoms with Crippen LogP contribution in [0.1, 0.15) is 26.2 Å². The van der Waals surface area contributed by atoms with Crippen LogP contribution in [0.25, 0.3) is 0 Å². The molecule has 1 aliphatic rings. The van der Waals surface area contributed by atoms with Crippen molar-refractivity contribution in [2.45, 2.75) is 31.7 Å². The molecule has 1 heterocycles. The molecule has 1 fully saturated rings. The summed E-state index contributed by atoms with van der Waals surface area (Å²) in [6, 6.07) is 2.11. The molecular weight excluding hydrogens is 222 g/mol. The molecule has 0 amide bonds. The van der Waals surface area contributed by atoms with Gasteiger partial charge in [-0.3, -0.25) is 4.21 Å². The molecule has 0 aliphatic carbocycles. The van der Waals surface area contributed by atoms with Crippen molar-refractivity contribution in [3.63, 3.8) is 0 Å². The number of nitriles is 1. The van der Waals surface area contributed by atoms with E-state index < -0.39 is 16.3 Å². The normalized spacial score (nSPS) is 22.6. The van der Waals surface area contributed by atoms with Gasteiger partial charge in [-0.15, -0.1) is 0 Å². The van der Waals surface area contributed by atoms with Gasteiger partial charge >= 0.3 is 0 Å². The predicted octanol–water partition coefficient (Wildman–Crippen LogP) is 0.462. The van der Waals surface area contributed by atoms with Gasteiger partial charge < -0.3 is 10.6 Å². The van der Waals surface area contributed by atoms with E-state index in [0.717, 1.165) is 50.4 Å². The molecule has 0 aromatic carbocycles. The SMILES string of the molecule is CC(N)(C#N)CCCCN1CCS(=O)CC1. The van der Waals surface area contributed by atoms with Gasteiger partial charge in [-0.1, -0.05) is 0 Å². The molecule has 1 atom stereocenters. The zero-order valence-corrected chi connectivity index (χ0v) is 10.8. The Balaban J connectivity index is 2.08. The van der Waals surface area contributed by atoms with E-state index in [9.17, 15) is 4.21 Å². The van der Waals surface area contributed by atoms with Crippen LogP contribution in [0.15, 0.2) is 0 Å². The summed E-state index contributed by atoms with van der Waals surface area (Å²) in [6.07, 6.45) is 2.81. The summed E-state index contributed by atoms with van der Waals surface area (Å²) in [6.45, 7) is 4.71. The second kappa shape index (κ2) is 6.33. The van der Waals surface area contributed by atoms with Gasteiger partial charge in [-0.05, 0) is 32.7 Å². The van der Waals surface area contributed by atoms with Crippen molar-refractivity contribution in [1.29, 1.82) is 5.26 Å². The highest BCUT2D eigenvalue weighted by molar-refractivity contribution is 7.85. The Kier molecular flexibility index (Phi) is 5.39. The van der Waals surface area contributed by atoms with E-state index in [1.807, 2.05) is 0 Å². The van der Waals surface area contributed by atoms with Crippen molar-refractivity contribution >= 4 is 10.8 Å². The number of hydrogen-bond donors (Lipinski definition) is 1. The van der Waals surface area contributed by atoms with Gasteiger partial charge in [0, 0.05) is 35.4 Å². The third-order valence-electron chi connectivity index (χ3n) is 2.95. The van der Waals surface area contributed by atoms with Gasteiger partial charge in [-0.2, -0.15) is 5.26 Å².